The maximum absolute atomic E-state index is 7.82. The molecule has 4 N–H and O–H groups in total. The molecule has 1 atom stereocenters. The molecule has 0 spiro atoms. The van der Waals surface area contributed by atoms with E-state index >= 15 is 0 Å². The average Bonchev–Trinajstić information content (AvgIpc) is 0.811. The first-order chi connectivity index (χ1) is 1.73. The number of hydrogen-bond donors (Lipinski definition) is 2. The highest BCUT2D eigenvalue weighted by Crippen LogP contribution is 1.79. The number of aliphatic hydroxyl groups excluding tert-OH is 1. The molecule has 0 fully saturated rings. The van der Waals surface area contributed by atoms with Gasteiger partial charge in [0.25, 0.3) is 0 Å². The molecule has 34 valence electrons. The van der Waals surface area contributed by atoms with E-state index in [1.54, 1.807) is 0 Å². The quantitative estimate of drug-likeness (QED) is 0.438. The molecular formula is C2H8ClNO. The zero-order valence-electron chi connectivity index (χ0n) is 3.11. The fourth-order valence-corrected chi connectivity index (χ4v) is 0. The number of hydrogen-bond acceptors (Lipinski definition) is 2. The molecular weight excluding hydrogens is 89.5 g/mol. The van der Waals surface area contributed by atoms with E-state index in [1.807, 2.05) is 0 Å². The van der Waals surface area contributed by atoms with E-state index in [9.17, 15) is 0 Å². The lowest BCUT2D eigenvalue weighted by atomic mass is 10.9. The molecule has 0 rings (SSSR count). The first kappa shape index (κ1) is 8.96. The van der Waals surface area contributed by atoms with Gasteiger partial charge in [-0.2, -0.15) is 0 Å². The van der Waals surface area contributed by atoms with Gasteiger partial charge in [0.15, 0.2) is 0 Å². The van der Waals surface area contributed by atoms with E-state index in [-0.39, 0.29) is 6.15 Å². The van der Waals surface area contributed by atoms with Gasteiger partial charge >= 0.3 is 0 Å². The Morgan fingerprint density at radius 3 is 1.80 bits per heavy atom. The van der Waals surface area contributed by atoms with Crippen molar-refractivity contribution < 1.29 is 5.11 Å². The van der Waals surface area contributed by atoms with Gasteiger partial charge in [-0.3, -0.25) is 0 Å². The van der Waals surface area contributed by atoms with Crippen LogP contribution in [0.25, 0.3) is 0 Å². The molecule has 0 heterocycles. The molecule has 0 saturated carbocycles. The standard InChI is InChI=1S/C2H5ClO.H3N/c1-2(3)4;/h2,4H,1H3;1H3. The Hall–Kier alpha value is 0.210. The van der Waals surface area contributed by atoms with Crippen molar-refractivity contribution in [1.82, 2.24) is 6.15 Å². The van der Waals surface area contributed by atoms with Crippen molar-refractivity contribution in [3.05, 3.63) is 0 Å². The molecule has 0 aromatic rings. The molecule has 0 aromatic carbocycles. The summed E-state index contributed by atoms with van der Waals surface area (Å²) in [6.07, 6.45) is 0. The minimum atomic E-state index is -0.694. The second-order valence-corrected chi connectivity index (χ2v) is 1.21. The number of halogens is 1. The Labute approximate surface area is 36.3 Å². The highest BCUT2D eigenvalue weighted by atomic mass is 35.5. The van der Waals surface area contributed by atoms with Crippen LogP contribution in [0.3, 0.4) is 0 Å². The molecule has 0 bridgehead atoms. The second kappa shape index (κ2) is 4.21. The molecule has 5 heavy (non-hydrogen) atoms. The van der Waals surface area contributed by atoms with Crippen molar-refractivity contribution in [2.45, 2.75) is 12.5 Å². The SMILES string of the molecule is CC(O)Cl.N. The predicted octanol–water partition coefficient (Wildman–Crippen LogP) is 0.726. The zero-order chi connectivity index (χ0) is 3.58. The van der Waals surface area contributed by atoms with Crippen LogP contribution in [0.2, 0.25) is 0 Å². The molecule has 3 heteroatoms. The summed E-state index contributed by atoms with van der Waals surface area (Å²) in [6.45, 7) is 1.49. The van der Waals surface area contributed by atoms with Crippen LogP contribution in [-0.4, -0.2) is 10.7 Å². The molecule has 0 saturated heterocycles. The molecule has 0 amide bonds. The van der Waals surface area contributed by atoms with E-state index in [1.165, 1.54) is 6.92 Å². The van der Waals surface area contributed by atoms with Crippen LogP contribution in [0.4, 0.5) is 0 Å². The third-order valence-electron chi connectivity index (χ3n) is 0. The van der Waals surface area contributed by atoms with Gasteiger partial charge in [0.2, 0.25) is 0 Å². The molecule has 0 aliphatic carbocycles. The highest BCUT2D eigenvalue weighted by molar-refractivity contribution is 6.19. The Balaban J connectivity index is 0. The molecule has 0 aliphatic rings. The Morgan fingerprint density at radius 2 is 1.80 bits per heavy atom. The van der Waals surface area contributed by atoms with Gasteiger partial charge in [0, 0.05) is 0 Å². The molecule has 0 radical (unpaired) electrons. The maximum Gasteiger partial charge on any atom is 0.125 e. The summed E-state index contributed by atoms with van der Waals surface area (Å²) in [5.74, 6) is 0. The Bertz CT molecular complexity index is 14.4. The van der Waals surface area contributed by atoms with Crippen molar-refractivity contribution >= 4 is 11.6 Å². The maximum atomic E-state index is 7.82. The summed E-state index contributed by atoms with van der Waals surface area (Å²) in [7, 11) is 0. The minimum absolute atomic E-state index is 0. The second-order valence-electron chi connectivity index (χ2n) is 0.574. The fraction of sp³-hybridized carbons (Fsp3) is 1.00. The van der Waals surface area contributed by atoms with Crippen molar-refractivity contribution in [1.29, 1.82) is 0 Å². The monoisotopic (exact) mass is 97.0 g/mol. The van der Waals surface area contributed by atoms with Gasteiger partial charge in [0.1, 0.15) is 5.56 Å². The van der Waals surface area contributed by atoms with Crippen LogP contribution in [-0.2, 0) is 0 Å². The predicted molar refractivity (Wildman–Crippen MR) is 22.6 cm³/mol. The van der Waals surface area contributed by atoms with Crippen LogP contribution in [0, 0.1) is 0 Å². The summed E-state index contributed by atoms with van der Waals surface area (Å²) in [4.78, 5) is 0. The summed E-state index contributed by atoms with van der Waals surface area (Å²) >= 11 is 4.83. The van der Waals surface area contributed by atoms with Crippen LogP contribution in [0.5, 0.6) is 0 Å². The van der Waals surface area contributed by atoms with Crippen LogP contribution < -0.4 is 6.15 Å². The van der Waals surface area contributed by atoms with Crippen molar-refractivity contribution in [2.75, 3.05) is 0 Å². The number of aliphatic hydroxyl groups is 1. The normalized spacial score (nSPS) is 12.6. The van der Waals surface area contributed by atoms with E-state index in [0.717, 1.165) is 0 Å². The van der Waals surface area contributed by atoms with Crippen molar-refractivity contribution in [3.63, 3.8) is 0 Å². The lowest BCUT2D eigenvalue weighted by Gasteiger charge is -1.77. The number of alkyl halides is 1. The van der Waals surface area contributed by atoms with E-state index < -0.39 is 5.56 Å². The smallest absolute Gasteiger partial charge is 0.125 e. The molecule has 0 aromatic heterocycles. The van der Waals surface area contributed by atoms with Gasteiger partial charge in [-0.1, -0.05) is 11.6 Å². The highest BCUT2D eigenvalue weighted by Gasteiger charge is 1.72. The van der Waals surface area contributed by atoms with Gasteiger partial charge < -0.3 is 11.3 Å². The Kier molecular flexibility index (Phi) is 7.55. The first-order valence-corrected chi connectivity index (χ1v) is 1.49. The first-order valence-electron chi connectivity index (χ1n) is 1.05. The van der Waals surface area contributed by atoms with Crippen molar-refractivity contribution in [2.24, 2.45) is 0 Å². The largest absolute Gasteiger partial charge is 0.378 e. The van der Waals surface area contributed by atoms with Gasteiger partial charge in [-0.15, -0.1) is 0 Å². The van der Waals surface area contributed by atoms with Gasteiger partial charge in [0.05, 0.1) is 0 Å². The van der Waals surface area contributed by atoms with Crippen LogP contribution >= 0.6 is 11.6 Å². The lowest BCUT2D eigenvalue weighted by Crippen LogP contribution is -1.79. The van der Waals surface area contributed by atoms with Crippen LogP contribution in [0.15, 0.2) is 0 Å². The van der Waals surface area contributed by atoms with E-state index in [4.69, 9.17) is 16.7 Å². The molecule has 1 unspecified atom stereocenters. The van der Waals surface area contributed by atoms with E-state index in [0.29, 0.717) is 0 Å². The molecule has 2 nitrogen and oxygen atoms in total. The Morgan fingerprint density at radius 1 is 1.80 bits per heavy atom. The molecule has 0 aliphatic heterocycles. The summed E-state index contributed by atoms with van der Waals surface area (Å²) in [6, 6.07) is 0. The summed E-state index contributed by atoms with van der Waals surface area (Å²) in [5, 5.41) is 7.82. The fourth-order valence-electron chi connectivity index (χ4n) is 0. The average molecular weight is 97.5 g/mol. The summed E-state index contributed by atoms with van der Waals surface area (Å²) < 4.78 is 0. The third-order valence-corrected chi connectivity index (χ3v) is 0. The van der Waals surface area contributed by atoms with Crippen molar-refractivity contribution in [3.8, 4) is 0 Å². The topological polar surface area (TPSA) is 55.2 Å². The zero-order valence-corrected chi connectivity index (χ0v) is 3.87. The van der Waals surface area contributed by atoms with Crippen LogP contribution in [0.1, 0.15) is 6.92 Å². The third kappa shape index (κ3) is 466. The summed E-state index contributed by atoms with van der Waals surface area (Å²) in [5.41, 5.74) is -0.694. The van der Waals surface area contributed by atoms with Gasteiger partial charge in [-0.25, -0.2) is 0 Å². The van der Waals surface area contributed by atoms with Gasteiger partial charge in [-0.05, 0) is 6.92 Å². The lowest BCUT2D eigenvalue weighted by molar-refractivity contribution is 0.277. The number of rotatable bonds is 0. The van der Waals surface area contributed by atoms with E-state index in [2.05, 4.69) is 0 Å². The minimum Gasteiger partial charge on any atom is -0.378 e.